The Labute approximate surface area is 169 Å². The third-order valence-electron chi connectivity index (χ3n) is 5.27. The van der Waals surface area contributed by atoms with E-state index in [4.69, 9.17) is 0 Å². The number of benzene rings is 1. The van der Waals surface area contributed by atoms with Gasteiger partial charge in [0.1, 0.15) is 0 Å². The summed E-state index contributed by atoms with van der Waals surface area (Å²) in [4.78, 5) is 18.4. The van der Waals surface area contributed by atoms with Crippen LogP contribution in [0.2, 0.25) is 0 Å². The van der Waals surface area contributed by atoms with Crippen LogP contribution in [0, 0.1) is 5.92 Å². The van der Waals surface area contributed by atoms with Crippen LogP contribution in [0.4, 0.5) is 5.13 Å². The number of carbonyl (C=O) groups is 1. The van der Waals surface area contributed by atoms with E-state index >= 15 is 0 Å². The number of aryl methyl sites for hydroxylation is 2. The van der Waals surface area contributed by atoms with E-state index in [1.165, 1.54) is 11.1 Å². The van der Waals surface area contributed by atoms with Crippen LogP contribution in [0.15, 0.2) is 42.9 Å². The maximum absolute atomic E-state index is 12.8. The van der Waals surface area contributed by atoms with Gasteiger partial charge in [-0.15, -0.1) is 11.3 Å². The molecular formula is C21H25N5OS. The molecule has 3 heterocycles. The minimum atomic E-state index is -0.113. The molecule has 2 atom stereocenters. The van der Waals surface area contributed by atoms with Crippen molar-refractivity contribution in [3.05, 3.63) is 64.4 Å². The van der Waals surface area contributed by atoms with Gasteiger partial charge in [-0.3, -0.25) is 9.48 Å². The first kappa shape index (κ1) is 18.8. The molecule has 1 aliphatic heterocycles. The second kappa shape index (κ2) is 8.24. The molecule has 0 radical (unpaired) electrons. The van der Waals surface area contributed by atoms with Crippen LogP contribution in [0.3, 0.4) is 0 Å². The predicted octanol–water partition coefficient (Wildman–Crippen LogP) is 2.97. The van der Waals surface area contributed by atoms with Crippen LogP contribution in [-0.2, 0) is 24.7 Å². The van der Waals surface area contributed by atoms with E-state index in [1.54, 1.807) is 16.0 Å². The average Bonchev–Trinajstić information content (AvgIpc) is 3.43. The Balaban J connectivity index is 1.41. The second-order valence-corrected chi connectivity index (χ2v) is 8.41. The van der Waals surface area contributed by atoms with E-state index in [9.17, 15) is 4.79 Å². The summed E-state index contributed by atoms with van der Waals surface area (Å²) in [6, 6.07) is 8.63. The van der Waals surface area contributed by atoms with Crippen LogP contribution >= 0.6 is 11.3 Å². The Bertz CT molecular complexity index is 963. The number of carbonyl (C=O) groups excluding carboxylic acids is 1. The first-order chi connectivity index (χ1) is 13.6. The van der Waals surface area contributed by atoms with Gasteiger partial charge in [-0.25, -0.2) is 4.98 Å². The summed E-state index contributed by atoms with van der Waals surface area (Å²) in [5.41, 5.74) is 3.71. The second-order valence-electron chi connectivity index (χ2n) is 7.29. The average molecular weight is 396 g/mol. The molecule has 1 amide bonds. The highest BCUT2D eigenvalue weighted by Gasteiger charge is 2.35. The third kappa shape index (κ3) is 4.15. The van der Waals surface area contributed by atoms with Crippen molar-refractivity contribution in [1.29, 1.82) is 0 Å². The molecule has 0 spiro atoms. The minimum absolute atomic E-state index is 0.0210. The summed E-state index contributed by atoms with van der Waals surface area (Å²) in [5.74, 6) is 0.0513. The fraction of sp³-hybridized carbons (Fsp3) is 0.381. The highest BCUT2D eigenvalue weighted by molar-refractivity contribution is 7.15. The van der Waals surface area contributed by atoms with Crippen LogP contribution < -0.4 is 10.6 Å². The number of nitrogens with one attached hydrogen (secondary N) is 2. The van der Waals surface area contributed by atoms with Crippen molar-refractivity contribution in [3.63, 3.8) is 0 Å². The van der Waals surface area contributed by atoms with Gasteiger partial charge < -0.3 is 10.6 Å². The number of anilines is 1. The quantitative estimate of drug-likeness (QED) is 0.673. The molecule has 2 N–H and O–H groups in total. The molecule has 2 aromatic heterocycles. The number of thiazole rings is 1. The Morgan fingerprint density at radius 1 is 1.32 bits per heavy atom. The molecule has 1 aliphatic rings. The van der Waals surface area contributed by atoms with E-state index in [-0.39, 0.29) is 17.7 Å². The van der Waals surface area contributed by atoms with E-state index in [0.29, 0.717) is 11.7 Å². The zero-order chi connectivity index (χ0) is 19.5. The fourth-order valence-electron chi connectivity index (χ4n) is 3.74. The van der Waals surface area contributed by atoms with Crippen molar-refractivity contribution in [1.82, 2.24) is 20.1 Å². The molecule has 1 aromatic carbocycles. The molecule has 1 fully saturated rings. The molecular weight excluding hydrogens is 370 g/mol. The first-order valence-corrected chi connectivity index (χ1v) is 10.5. The lowest BCUT2D eigenvalue weighted by atomic mass is 9.90. The van der Waals surface area contributed by atoms with Crippen molar-refractivity contribution in [2.24, 2.45) is 13.0 Å². The van der Waals surface area contributed by atoms with Gasteiger partial charge in [-0.2, -0.15) is 5.10 Å². The normalized spacial score (nSPS) is 19.1. The zero-order valence-corrected chi connectivity index (χ0v) is 17.0. The number of hydrogen-bond donors (Lipinski definition) is 2. The largest absolute Gasteiger partial charge is 0.315 e. The zero-order valence-electron chi connectivity index (χ0n) is 16.2. The molecule has 0 bridgehead atoms. The molecule has 3 aromatic rings. The van der Waals surface area contributed by atoms with E-state index < -0.39 is 0 Å². The van der Waals surface area contributed by atoms with Gasteiger partial charge >= 0.3 is 0 Å². The highest BCUT2D eigenvalue weighted by Crippen LogP contribution is 2.30. The van der Waals surface area contributed by atoms with Crippen LogP contribution in [0.1, 0.15) is 34.4 Å². The van der Waals surface area contributed by atoms with Gasteiger partial charge in [0.05, 0.1) is 12.1 Å². The topological polar surface area (TPSA) is 71.8 Å². The van der Waals surface area contributed by atoms with Gasteiger partial charge in [0.2, 0.25) is 5.91 Å². The van der Waals surface area contributed by atoms with E-state index in [1.807, 2.05) is 25.6 Å². The molecule has 0 unspecified atom stereocenters. The summed E-state index contributed by atoms with van der Waals surface area (Å²) in [6.07, 6.45) is 7.58. The molecule has 28 heavy (non-hydrogen) atoms. The third-order valence-corrected chi connectivity index (χ3v) is 6.18. The predicted molar refractivity (Wildman–Crippen MR) is 112 cm³/mol. The van der Waals surface area contributed by atoms with Gasteiger partial charge in [0, 0.05) is 49.7 Å². The standard InChI is InChI=1S/C21H25N5OS/c1-3-14-5-4-6-15(7-14)8-17-10-23-21(28-17)25-20(27)19-12-22-11-18(19)16-9-24-26(2)13-16/h4-7,9-10,13,18-19,22H,3,8,11-12H2,1-2H3,(H,23,25,27)/t18-,19+/m1/s1. The fourth-order valence-corrected chi connectivity index (χ4v) is 4.59. The SMILES string of the molecule is CCc1cccc(Cc2cnc(NC(=O)[C@H]3CNC[C@@H]3c3cnn(C)c3)s2)c1. The number of rotatable bonds is 6. The molecule has 7 heteroatoms. The number of aromatic nitrogens is 3. The number of nitrogens with zero attached hydrogens (tertiary/aromatic N) is 3. The summed E-state index contributed by atoms with van der Waals surface area (Å²) in [6.45, 7) is 3.63. The lowest BCUT2D eigenvalue weighted by Gasteiger charge is -2.15. The Morgan fingerprint density at radius 2 is 2.18 bits per heavy atom. The lowest BCUT2D eigenvalue weighted by molar-refractivity contribution is -0.119. The summed E-state index contributed by atoms with van der Waals surface area (Å²) < 4.78 is 1.78. The number of amides is 1. The number of hydrogen-bond acceptors (Lipinski definition) is 5. The van der Waals surface area contributed by atoms with Crippen LogP contribution in [-0.4, -0.2) is 33.8 Å². The molecule has 0 aliphatic carbocycles. The lowest BCUT2D eigenvalue weighted by Crippen LogP contribution is -2.27. The van der Waals surface area contributed by atoms with Gasteiger partial charge in [-0.05, 0) is 23.1 Å². The van der Waals surface area contributed by atoms with Crippen molar-refractivity contribution in [3.8, 4) is 0 Å². The molecule has 146 valence electrons. The highest BCUT2D eigenvalue weighted by atomic mass is 32.1. The molecule has 6 nitrogen and oxygen atoms in total. The van der Waals surface area contributed by atoms with E-state index in [0.717, 1.165) is 29.8 Å². The minimum Gasteiger partial charge on any atom is -0.315 e. The van der Waals surface area contributed by atoms with E-state index in [2.05, 4.69) is 51.9 Å². The molecule has 0 saturated carbocycles. The molecule has 1 saturated heterocycles. The van der Waals surface area contributed by atoms with Crippen molar-refractivity contribution in [2.75, 3.05) is 18.4 Å². The maximum Gasteiger partial charge on any atom is 0.231 e. The maximum atomic E-state index is 12.8. The Hall–Kier alpha value is -2.51. The monoisotopic (exact) mass is 395 g/mol. The molecule has 4 rings (SSSR count). The van der Waals surface area contributed by atoms with Gasteiger partial charge in [0.15, 0.2) is 5.13 Å². The van der Waals surface area contributed by atoms with Crippen LogP contribution in [0.25, 0.3) is 0 Å². The van der Waals surface area contributed by atoms with Crippen molar-refractivity contribution in [2.45, 2.75) is 25.7 Å². The van der Waals surface area contributed by atoms with Crippen LogP contribution in [0.5, 0.6) is 0 Å². The summed E-state index contributed by atoms with van der Waals surface area (Å²) in [5, 5.41) is 11.3. The van der Waals surface area contributed by atoms with Gasteiger partial charge in [0.25, 0.3) is 0 Å². The Kier molecular flexibility index (Phi) is 5.54. The first-order valence-electron chi connectivity index (χ1n) is 9.65. The van der Waals surface area contributed by atoms with Crippen molar-refractivity contribution >= 4 is 22.4 Å². The van der Waals surface area contributed by atoms with Crippen molar-refractivity contribution < 1.29 is 4.79 Å². The Morgan fingerprint density at radius 3 is 2.96 bits per heavy atom. The summed E-state index contributed by atoms with van der Waals surface area (Å²) in [7, 11) is 1.90. The smallest absolute Gasteiger partial charge is 0.231 e. The van der Waals surface area contributed by atoms with Gasteiger partial charge in [-0.1, -0.05) is 31.2 Å². The summed E-state index contributed by atoms with van der Waals surface area (Å²) >= 11 is 1.55.